The smallest absolute Gasteiger partial charge is 0.409 e. The molecule has 3 rings (SSSR count). The number of guanidine groups is 1. The standard InChI is InChI=1S/C21H31N5O3S.HI/c1-3-18-14-23-19(30-18)15-24-20(22-10-7-17-6-5-13-29-17)25-16-8-11-26(12-9-16)21(27)28-4-2;/h5-6,13-14,16H,3-4,7-12,15H2,1-2H3,(H2,22,24,25);1H. The summed E-state index contributed by atoms with van der Waals surface area (Å²) >= 11 is 1.70. The van der Waals surface area contributed by atoms with E-state index in [1.54, 1.807) is 22.5 Å². The highest BCUT2D eigenvalue weighted by atomic mass is 127. The Morgan fingerprint density at radius 3 is 2.84 bits per heavy atom. The van der Waals surface area contributed by atoms with E-state index >= 15 is 0 Å². The van der Waals surface area contributed by atoms with Crippen molar-refractivity contribution in [2.24, 2.45) is 4.99 Å². The molecule has 0 spiro atoms. The molecular weight excluding hydrogens is 529 g/mol. The molecular formula is C21H32IN5O3S. The number of carbonyl (C=O) groups is 1. The van der Waals surface area contributed by atoms with Gasteiger partial charge in [-0.1, -0.05) is 6.92 Å². The number of furan rings is 1. The van der Waals surface area contributed by atoms with Crippen molar-refractivity contribution in [2.75, 3.05) is 26.2 Å². The van der Waals surface area contributed by atoms with Crippen LogP contribution in [0.5, 0.6) is 0 Å². The van der Waals surface area contributed by atoms with Gasteiger partial charge in [-0.3, -0.25) is 0 Å². The van der Waals surface area contributed by atoms with Gasteiger partial charge in [-0.2, -0.15) is 0 Å². The maximum absolute atomic E-state index is 11.9. The first-order valence-corrected chi connectivity index (χ1v) is 11.4. The van der Waals surface area contributed by atoms with Gasteiger partial charge in [0, 0.05) is 43.2 Å². The van der Waals surface area contributed by atoms with Crippen LogP contribution < -0.4 is 10.6 Å². The van der Waals surface area contributed by atoms with Crippen molar-refractivity contribution in [2.45, 2.75) is 52.1 Å². The first kappa shape index (κ1) is 25.4. The van der Waals surface area contributed by atoms with E-state index in [0.29, 0.717) is 26.2 Å². The molecule has 2 aromatic heterocycles. The van der Waals surface area contributed by atoms with E-state index in [0.717, 1.165) is 49.0 Å². The second-order valence-electron chi connectivity index (χ2n) is 7.10. The summed E-state index contributed by atoms with van der Waals surface area (Å²) in [5, 5.41) is 7.94. The van der Waals surface area contributed by atoms with Gasteiger partial charge < -0.3 is 24.7 Å². The van der Waals surface area contributed by atoms with Crippen LogP contribution in [-0.2, 0) is 24.1 Å². The molecule has 1 aliphatic rings. The molecule has 0 aromatic carbocycles. The number of hydrogen-bond donors (Lipinski definition) is 2. The number of aliphatic imine (C=N–C) groups is 1. The van der Waals surface area contributed by atoms with E-state index in [4.69, 9.17) is 14.1 Å². The summed E-state index contributed by atoms with van der Waals surface area (Å²) in [6.45, 7) is 7.00. The summed E-state index contributed by atoms with van der Waals surface area (Å²) in [5.41, 5.74) is 0. The highest BCUT2D eigenvalue weighted by Gasteiger charge is 2.24. The Balaban J connectivity index is 0.00000341. The lowest BCUT2D eigenvalue weighted by molar-refractivity contribution is 0.0963. The van der Waals surface area contributed by atoms with Gasteiger partial charge in [0.25, 0.3) is 0 Å². The molecule has 0 bridgehead atoms. The summed E-state index contributed by atoms with van der Waals surface area (Å²) in [6, 6.07) is 4.13. The maximum atomic E-state index is 11.9. The minimum absolute atomic E-state index is 0. The van der Waals surface area contributed by atoms with Crippen molar-refractivity contribution in [1.82, 2.24) is 20.5 Å². The molecule has 0 atom stereocenters. The van der Waals surface area contributed by atoms with Gasteiger partial charge in [-0.25, -0.2) is 14.8 Å². The van der Waals surface area contributed by atoms with Gasteiger partial charge >= 0.3 is 6.09 Å². The van der Waals surface area contributed by atoms with Crippen LogP contribution in [0.1, 0.15) is 42.3 Å². The number of nitrogens with one attached hydrogen (secondary N) is 2. The van der Waals surface area contributed by atoms with Crippen LogP contribution in [0.2, 0.25) is 0 Å². The molecule has 2 N–H and O–H groups in total. The molecule has 1 saturated heterocycles. The number of aryl methyl sites for hydroxylation is 1. The number of aromatic nitrogens is 1. The highest BCUT2D eigenvalue weighted by Crippen LogP contribution is 2.15. The van der Waals surface area contributed by atoms with Crippen LogP contribution >= 0.6 is 35.3 Å². The predicted octanol–water partition coefficient (Wildman–Crippen LogP) is 3.82. The van der Waals surface area contributed by atoms with Gasteiger partial charge in [-0.05, 0) is 38.3 Å². The van der Waals surface area contributed by atoms with Crippen molar-refractivity contribution >= 4 is 47.4 Å². The number of thiazole rings is 1. The topological polar surface area (TPSA) is 92.0 Å². The molecule has 0 aliphatic carbocycles. The largest absolute Gasteiger partial charge is 0.469 e. The number of likely N-dealkylation sites (tertiary alicyclic amines) is 1. The number of hydrogen-bond acceptors (Lipinski definition) is 6. The van der Waals surface area contributed by atoms with E-state index in [1.165, 1.54) is 4.88 Å². The molecule has 10 heteroatoms. The van der Waals surface area contributed by atoms with Crippen LogP contribution in [0.4, 0.5) is 4.79 Å². The fraction of sp³-hybridized carbons (Fsp3) is 0.571. The van der Waals surface area contributed by atoms with E-state index in [-0.39, 0.29) is 36.1 Å². The van der Waals surface area contributed by atoms with Gasteiger partial charge in [0.15, 0.2) is 5.96 Å². The molecule has 3 heterocycles. The molecule has 1 aliphatic heterocycles. The minimum Gasteiger partial charge on any atom is -0.469 e. The third-order valence-corrected chi connectivity index (χ3v) is 6.05. The van der Waals surface area contributed by atoms with Crippen molar-refractivity contribution in [3.63, 3.8) is 0 Å². The average Bonchev–Trinajstić information content (AvgIpc) is 3.44. The lowest BCUT2D eigenvalue weighted by Crippen LogP contribution is -2.50. The minimum atomic E-state index is -0.225. The monoisotopic (exact) mass is 561 g/mol. The summed E-state index contributed by atoms with van der Waals surface area (Å²) in [5.74, 6) is 1.71. The third kappa shape index (κ3) is 8.32. The molecule has 0 saturated carbocycles. The maximum Gasteiger partial charge on any atom is 0.409 e. The number of halogens is 1. The van der Waals surface area contributed by atoms with Crippen molar-refractivity contribution in [3.05, 3.63) is 40.2 Å². The number of carbonyl (C=O) groups excluding carboxylic acids is 1. The highest BCUT2D eigenvalue weighted by molar-refractivity contribution is 14.0. The predicted molar refractivity (Wildman–Crippen MR) is 133 cm³/mol. The normalized spacial score (nSPS) is 14.8. The quantitative estimate of drug-likeness (QED) is 0.290. The van der Waals surface area contributed by atoms with Crippen LogP contribution in [0.15, 0.2) is 34.0 Å². The van der Waals surface area contributed by atoms with Crippen molar-refractivity contribution in [3.8, 4) is 0 Å². The first-order chi connectivity index (χ1) is 14.7. The number of rotatable bonds is 8. The second kappa shape index (κ2) is 13.6. The van der Waals surface area contributed by atoms with Gasteiger partial charge in [0.2, 0.25) is 0 Å². The zero-order valence-corrected chi connectivity index (χ0v) is 21.3. The molecule has 1 amide bonds. The Labute approximate surface area is 204 Å². The van der Waals surface area contributed by atoms with E-state index in [1.807, 2.05) is 25.3 Å². The summed E-state index contributed by atoms with van der Waals surface area (Å²) < 4.78 is 10.5. The summed E-state index contributed by atoms with van der Waals surface area (Å²) in [4.78, 5) is 24.1. The van der Waals surface area contributed by atoms with Gasteiger partial charge in [0.05, 0.1) is 19.4 Å². The Morgan fingerprint density at radius 1 is 1.39 bits per heavy atom. The van der Waals surface area contributed by atoms with Crippen molar-refractivity contribution in [1.29, 1.82) is 0 Å². The lowest BCUT2D eigenvalue weighted by atomic mass is 10.1. The van der Waals surface area contributed by atoms with Crippen LogP contribution in [-0.4, -0.2) is 54.2 Å². The first-order valence-electron chi connectivity index (χ1n) is 10.6. The molecule has 1 fully saturated rings. The molecule has 2 aromatic rings. The fourth-order valence-electron chi connectivity index (χ4n) is 3.26. The second-order valence-corrected chi connectivity index (χ2v) is 8.30. The number of nitrogens with zero attached hydrogens (tertiary/aromatic N) is 3. The summed E-state index contributed by atoms with van der Waals surface area (Å²) in [7, 11) is 0. The average molecular weight is 561 g/mol. The fourth-order valence-corrected chi connectivity index (χ4v) is 4.04. The Kier molecular flexibility index (Phi) is 11.1. The van der Waals surface area contributed by atoms with Crippen molar-refractivity contribution < 1.29 is 13.9 Å². The van der Waals surface area contributed by atoms with Gasteiger partial charge in [-0.15, -0.1) is 35.3 Å². The van der Waals surface area contributed by atoms with E-state index < -0.39 is 0 Å². The van der Waals surface area contributed by atoms with E-state index in [9.17, 15) is 4.79 Å². The molecule has 172 valence electrons. The molecule has 31 heavy (non-hydrogen) atoms. The zero-order valence-electron chi connectivity index (χ0n) is 18.1. The Hall–Kier alpha value is -1.82. The SMILES string of the molecule is CCOC(=O)N1CCC(NC(=NCc2ncc(CC)s2)NCCc2ccco2)CC1.I. The third-order valence-electron chi connectivity index (χ3n) is 4.93. The van der Waals surface area contributed by atoms with Crippen LogP contribution in [0.3, 0.4) is 0 Å². The molecule has 8 nitrogen and oxygen atoms in total. The van der Waals surface area contributed by atoms with Crippen LogP contribution in [0.25, 0.3) is 0 Å². The lowest BCUT2D eigenvalue weighted by Gasteiger charge is -2.32. The zero-order chi connectivity index (χ0) is 21.2. The van der Waals surface area contributed by atoms with Gasteiger partial charge in [0.1, 0.15) is 10.8 Å². The number of amides is 1. The Bertz CT molecular complexity index is 804. The number of ether oxygens (including phenoxy) is 1. The van der Waals surface area contributed by atoms with E-state index in [2.05, 4.69) is 22.5 Å². The molecule has 0 radical (unpaired) electrons. The molecule has 0 unspecified atom stereocenters. The summed E-state index contributed by atoms with van der Waals surface area (Å²) in [6.07, 6.45) is 6.88. The van der Waals surface area contributed by atoms with Crippen LogP contribution in [0, 0.1) is 0 Å². The Morgan fingerprint density at radius 2 is 2.19 bits per heavy atom. The number of piperidine rings is 1.